The van der Waals surface area contributed by atoms with Crippen molar-refractivity contribution in [1.82, 2.24) is 5.32 Å². The minimum atomic E-state index is -0.341. The fourth-order valence-electron chi connectivity index (χ4n) is 2.66. The van der Waals surface area contributed by atoms with Gasteiger partial charge in [-0.2, -0.15) is 0 Å². The van der Waals surface area contributed by atoms with Crippen LogP contribution >= 0.6 is 12.4 Å². The molecule has 0 aliphatic carbocycles. The van der Waals surface area contributed by atoms with Crippen molar-refractivity contribution in [3.8, 4) is 11.5 Å². The van der Waals surface area contributed by atoms with Crippen LogP contribution in [0.1, 0.15) is 12.0 Å². The zero-order valence-electron chi connectivity index (χ0n) is 15.3. The molecule has 1 aromatic heterocycles. The van der Waals surface area contributed by atoms with Crippen molar-refractivity contribution >= 4 is 23.4 Å². The van der Waals surface area contributed by atoms with E-state index in [0.717, 1.165) is 36.2 Å². The molecule has 6 heteroatoms. The van der Waals surface area contributed by atoms with Crippen molar-refractivity contribution < 1.29 is 13.9 Å². The molecule has 0 saturated carbocycles. The second kappa shape index (κ2) is 10.6. The summed E-state index contributed by atoms with van der Waals surface area (Å²) in [7, 11) is 0. The highest BCUT2D eigenvalue weighted by Gasteiger charge is 2.04. The van der Waals surface area contributed by atoms with Gasteiger partial charge in [-0.1, -0.05) is 18.2 Å². The molecule has 2 aromatic carbocycles. The summed E-state index contributed by atoms with van der Waals surface area (Å²) in [4.78, 5) is 11.5. The molecule has 0 radical (unpaired) electrons. The zero-order chi connectivity index (χ0) is 18.2. The molecule has 0 saturated heterocycles. The molecule has 0 aliphatic heterocycles. The van der Waals surface area contributed by atoms with Crippen molar-refractivity contribution in [1.29, 1.82) is 0 Å². The number of para-hydroxylation sites is 1. The Hall–Kier alpha value is -2.50. The molecule has 3 aromatic rings. The number of fused-ring (bicyclic) bond motifs is 1. The lowest BCUT2D eigenvalue weighted by atomic mass is 10.1. The third-order valence-corrected chi connectivity index (χ3v) is 3.98. The Balaban J connectivity index is 0.00000261. The molecule has 0 aliphatic rings. The normalized spacial score (nSPS) is 10.4. The average molecular weight is 390 g/mol. The fraction of sp³-hybridized carbons (Fsp3) is 0.286. The Morgan fingerprint density at radius 1 is 0.926 bits per heavy atom. The molecule has 0 atom stereocenters. The zero-order valence-corrected chi connectivity index (χ0v) is 16.1. The quantitative estimate of drug-likeness (QED) is 0.443. The summed E-state index contributed by atoms with van der Waals surface area (Å²) in [5.41, 5.74) is 1.12. The Kier molecular flexibility index (Phi) is 8.17. The Bertz CT molecular complexity index is 896. The van der Waals surface area contributed by atoms with Gasteiger partial charge in [-0.15, -0.1) is 12.4 Å². The van der Waals surface area contributed by atoms with Gasteiger partial charge >= 0.3 is 5.63 Å². The largest absolute Gasteiger partial charge is 0.494 e. The molecule has 0 spiro atoms. The summed E-state index contributed by atoms with van der Waals surface area (Å²) >= 11 is 0. The van der Waals surface area contributed by atoms with Crippen molar-refractivity contribution in [3.05, 3.63) is 70.6 Å². The first-order chi connectivity index (χ1) is 12.7. The summed E-state index contributed by atoms with van der Waals surface area (Å²) in [5.74, 6) is 1.59. The lowest BCUT2D eigenvalue weighted by molar-refractivity contribution is 0.294. The SMILES string of the molecule is Cc1cc(=O)oc2cc(OCCNCCCOc3ccccc3)ccc12.Cl. The number of rotatable bonds is 9. The predicted octanol–water partition coefficient (Wildman–Crippen LogP) is 3.96. The maximum Gasteiger partial charge on any atom is 0.336 e. The van der Waals surface area contributed by atoms with Gasteiger partial charge < -0.3 is 19.2 Å². The van der Waals surface area contributed by atoms with Crippen LogP contribution in [0.3, 0.4) is 0 Å². The summed E-state index contributed by atoms with van der Waals surface area (Å²) in [5, 5.41) is 4.24. The number of aryl methyl sites for hydroxylation is 1. The van der Waals surface area contributed by atoms with Crippen molar-refractivity contribution in [2.75, 3.05) is 26.3 Å². The van der Waals surface area contributed by atoms with Crippen LogP contribution in [0.25, 0.3) is 11.0 Å². The van der Waals surface area contributed by atoms with Crippen LogP contribution in [-0.2, 0) is 0 Å². The minimum absolute atomic E-state index is 0. The Morgan fingerprint density at radius 3 is 2.52 bits per heavy atom. The van der Waals surface area contributed by atoms with Gasteiger partial charge in [0.1, 0.15) is 23.7 Å². The van der Waals surface area contributed by atoms with Crippen molar-refractivity contribution in [2.24, 2.45) is 0 Å². The van der Waals surface area contributed by atoms with Crippen LogP contribution in [0.15, 0.2) is 63.8 Å². The number of hydrogen-bond acceptors (Lipinski definition) is 5. The van der Waals surface area contributed by atoms with Crippen molar-refractivity contribution in [3.63, 3.8) is 0 Å². The smallest absolute Gasteiger partial charge is 0.336 e. The van der Waals surface area contributed by atoms with E-state index >= 15 is 0 Å². The Morgan fingerprint density at radius 2 is 1.70 bits per heavy atom. The van der Waals surface area contributed by atoms with Crippen LogP contribution in [0, 0.1) is 6.92 Å². The summed E-state index contributed by atoms with van der Waals surface area (Å²) in [6.45, 7) is 4.72. The van der Waals surface area contributed by atoms with Gasteiger partial charge in [0.05, 0.1) is 6.61 Å². The highest BCUT2D eigenvalue weighted by atomic mass is 35.5. The molecule has 0 unspecified atom stereocenters. The molecule has 0 bridgehead atoms. The lowest BCUT2D eigenvalue weighted by Gasteiger charge is -2.09. The van der Waals surface area contributed by atoms with E-state index in [-0.39, 0.29) is 18.0 Å². The van der Waals surface area contributed by atoms with Crippen molar-refractivity contribution in [2.45, 2.75) is 13.3 Å². The molecule has 5 nitrogen and oxygen atoms in total. The molecule has 1 N–H and O–H groups in total. The third kappa shape index (κ3) is 6.31. The van der Waals surface area contributed by atoms with Gasteiger partial charge in [-0.25, -0.2) is 4.79 Å². The van der Waals surface area contributed by atoms with Gasteiger partial charge in [0.25, 0.3) is 0 Å². The van der Waals surface area contributed by atoms with E-state index in [2.05, 4.69) is 5.32 Å². The van der Waals surface area contributed by atoms with Crippen LogP contribution in [0.2, 0.25) is 0 Å². The number of nitrogens with one attached hydrogen (secondary N) is 1. The summed E-state index contributed by atoms with van der Waals surface area (Å²) in [6, 6.07) is 16.9. The monoisotopic (exact) mass is 389 g/mol. The van der Waals surface area contributed by atoms with E-state index in [1.54, 1.807) is 6.07 Å². The number of halogens is 1. The molecular formula is C21H24ClNO4. The van der Waals surface area contributed by atoms with Gasteiger partial charge in [-0.3, -0.25) is 0 Å². The second-order valence-corrected chi connectivity index (χ2v) is 6.02. The first-order valence-electron chi connectivity index (χ1n) is 8.78. The maximum absolute atomic E-state index is 11.5. The number of ether oxygens (including phenoxy) is 2. The van der Waals surface area contributed by atoms with Gasteiger partial charge in [0.15, 0.2) is 0 Å². The summed E-state index contributed by atoms with van der Waals surface area (Å²) in [6.07, 6.45) is 0.926. The topological polar surface area (TPSA) is 60.7 Å². The van der Waals surface area contributed by atoms with E-state index in [9.17, 15) is 4.79 Å². The third-order valence-electron chi connectivity index (χ3n) is 3.98. The molecule has 1 heterocycles. The molecule has 27 heavy (non-hydrogen) atoms. The number of benzene rings is 2. The van der Waals surface area contributed by atoms with E-state index in [1.807, 2.05) is 49.4 Å². The van der Waals surface area contributed by atoms with E-state index in [1.165, 1.54) is 6.07 Å². The fourth-order valence-corrected chi connectivity index (χ4v) is 2.66. The molecule has 0 fully saturated rings. The second-order valence-electron chi connectivity index (χ2n) is 6.02. The Labute approximate surface area is 164 Å². The maximum atomic E-state index is 11.5. The molecule has 144 valence electrons. The van der Waals surface area contributed by atoms with E-state index in [4.69, 9.17) is 13.9 Å². The lowest BCUT2D eigenvalue weighted by Crippen LogP contribution is -2.23. The highest BCUT2D eigenvalue weighted by Crippen LogP contribution is 2.22. The van der Waals surface area contributed by atoms with Crippen LogP contribution in [0.5, 0.6) is 11.5 Å². The van der Waals surface area contributed by atoms with Crippen LogP contribution in [0.4, 0.5) is 0 Å². The van der Waals surface area contributed by atoms with E-state index in [0.29, 0.717) is 24.5 Å². The van der Waals surface area contributed by atoms with Gasteiger partial charge in [-0.05, 0) is 49.7 Å². The first kappa shape index (κ1) is 20.8. The van der Waals surface area contributed by atoms with Crippen LogP contribution in [-0.4, -0.2) is 26.3 Å². The average Bonchev–Trinajstić information content (AvgIpc) is 2.64. The summed E-state index contributed by atoms with van der Waals surface area (Å²) < 4.78 is 16.6. The van der Waals surface area contributed by atoms with Gasteiger partial charge in [0.2, 0.25) is 0 Å². The van der Waals surface area contributed by atoms with E-state index < -0.39 is 0 Å². The highest BCUT2D eigenvalue weighted by molar-refractivity contribution is 5.85. The molecular weight excluding hydrogens is 366 g/mol. The first-order valence-corrected chi connectivity index (χ1v) is 8.78. The number of hydrogen-bond donors (Lipinski definition) is 1. The predicted molar refractivity (Wildman–Crippen MR) is 109 cm³/mol. The van der Waals surface area contributed by atoms with Gasteiger partial charge in [0, 0.05) is 24.1 Å². The molecule has 0 amide bonds. The standard InChI is InChI=1S/C21H23NO4.ClH/c1-16-14-21(23)26-20-15-18(8-9-19(16)20)25-13-11-22-10-5-12-24-17-6-3-2-4-7-17;/h2-4,6-9,14-15,22H,5,10-13H2,1H3;1H. The molecule has 3 rings (SSSR count). The minimum Gasteiger partial charge on any atom is -0.494 e. The van der Waals surface area contributed by atoms with Crippen LogP contribution < -0.4 is 20.4 Å².